The number of aliphatic imine (C=N–C) groups is 1. The van der Waals surface area contributed by atoms with E-state index in [4.69, 9.17) is 11.7 Å². The average molecular weight is 486 g/mol. The Morgan fingerprint density at radius 3 is 2.19 bits per heavy atom. The van der Waals surface area contributed by atoms with Crippen molar-refractivity contribution in [3.05, 3.63) is 139 Å². The van der Waals surface area contributed by atoms with Crippen LogP contribution in [0, 0.1) is 0 Å². The number of hydrogen-bond donors (Lipinski definition) is 3. The Kier molecular flexibility index (Phi) is 22.6. The number of allylic oxidation sites excluding steroid dienone is 13. The molecule has 0 aromatic heterocycles. The quantitative estimate of drug-likeness (QED) is 0.106. The van der Waals surface area contributed by atoms with Crippen LogP contribution in [0.3, 0.4) is 0 Å². The first-order chi connectivity index (χ1) is 17.4. The predicted molar refractivity (Wildman–Crippen MR) is 164 cm³/mol. The zero-order valence-electron chi connectivity index (χ0n) is 22.5. The van der Waals surface area contributed by atoms with Crippen molar-refractivity contribution in [2.75, 3.05) is 0 Å². The molecule has 0 spiro atoms. The highest BCUT2D eigenvalue weighted by Gasteiger charge is 2.00. The van der Waals surface area contributed by atoms with E-state index in [0.29, 0.717) is 5.84 Å². The van der Waals surface area contributed by atoms with Crippen LogP contribution in [0.15, 0.2) is 138 Å². The number of hydrogen-bond acceptors (Lipinski definition) is 4. The van der Waals surface area contributed by atoms with Gasteiger partial charge in [0.25, 0.3) is 0 Å². The number of nitrogens with one attached hydrogen (secondary N) is 1. The third-order valence-corrected chi connectivity index (χ3v) is 3.92. The number of benzene rings is 1. The Hall–Kier alpha value is -4.22. The van der Waals surface area contributed by atoms with Gasteiger partial charge in [0.1, 0.15) is 0 Å². The van der Waals surface area contributed by atoms with Gasteiger partial charge in [0.05, 0.1) is 5.71 Å². The van der Waals surface area contributed by atoms with E-state index in [-0.39, 0.29) is 0 Å². The average Bonchev–Trinajstić information content (AvgIpc) is 2.90. The maximum Gasteiger partial charge on any atom is 0.166 e. The maximum absolute atomic E-state index is 5.42. The molecule has 1 aromatic carbocycles. The van der Waals surface area contributed by atoms with Crippen LogP contribution in [0.2, 0.25) is 0 Å². The molecule has 0 amide bonds. The van der Waals surface area contributed by atoms with E-state index in [1.54, 1.807) is 18.2 Å². The number of nitrogens with two attached hydrogens (primary N) is 2. The highest BCUT2D eigenvalue weighted by atomic mass is 15.3. The molecule has 192 valence electrons. The number of amidine groups is 1. The Bertz CT molecular complexity index is 1020. The van der Waals surface area contributed by atoms with Crippen LogP contribution in [0.1, 0.15) is 45.7 Å². The second kappa shape index (κ2) is 23.9. The smallest absolute Gasteiger partial charge is 0.166 e. The van der Waals surface area contributed by atoms with Crippen LogP contribution in [0.25, 0.3) is 6.08 Å². The van der Waals surface area contributed by atoms with E-state index < -0.39 is 0 Å². The molecule has 5 nitrogen and oxygen atoms in total. The number of nitrogens with zero attached hydrogens (tertiary/aromatic N) is 2. The molecule has 0 fully saturated rings. The van der Waals surface area contributed by atoms with Crippen LogP contribution < -0.4 is 17.1 Å². The van der Waals surface area contributed by atoms with Crippen molar-refractivity contribution in [2.24, 2.45) is 21.8 Å². The molecule has 0 saturated heterocycles. The van der Waals surface area contributed by atoms with E-state index in [9.17, 15) is 0 Å². The van der Waals surface area contributed by atoms with Crippen molar-refractivity contribution in [3.8, 4) is 0 Å². The minimum Gasteiger partial charge on any atom is -0.321 e. The zero-order valence-corrected chi connectivity index (χ0v) is 22.5. The summed E-state index contributed by atoms with van der Waals surface area (Å²) in [5.74, 6) is 11.2. The minimum absolute atomic E-state index is 0.418. The molecule has 1 aromatic rings. The SMILES string of the molecule is C=C/C=C\C.C=CC(/C=C/C=C/C=C(C=C)/C=C\c1cccc(/C(=N/N)NN)c1)=NC=C(C)C.CC. The van der Waals surface area contributed by atoms with Gasteiger partial charge in [0.2, 0.25) is 0 Å². The molecule has 0 heterocycles. The van der Waals surface area contributed by atoms with E-state index in [1.165, 1.54) is 0 Å². The molecule has 0 aliphatic carbocycles. The molecule has 36 heavy (non-hydrogen) atoms. The van der Waals surface area contributed by atoms with Crippen molar-refractivity contribution < 1.29 is 0 Å². The van der Waals surface area contributed by atoms with Crippen LogP contribution in [0.5, 0.6) is 0 Å². The molecular weight excluding hydrogens is 442 g/mol. The second-order valence-corrected chi connectivity index (χ2v) is 6.92. The van der Waals surface area contributed by atoms with Gasteiger partial charge in [0.15, 0.2) is 5.84 Å². The first kappa shape index (κ1) is 34.0. The van der Waals surface area contributed by atoms with Gasteiger partial charge in [-0.15, -0.1) is 0 Å². The van der Waals surface area contributed by atoms with Crippen LogP contribution in [-0.2, 0) is 0 Å². The summed E-state index contributed by atoms with van der Waals surface area (Å²) in [6.45, 7) is 21.0. The summed E-state index contributed by atoms with van der Waals surface area (Å²) in [6, 6.07) is 7.70. The van der Waals surface area contributed by atoms with Crippen molar-refractivity contribution in [2.45, 2.75) is 34.6 Å². The number of hydrazone groups is 1. The molecule has 0 atom stereocenters. The van der Waals surface area contributed by atoms with E-state index in [2.05, 4.69) is 35.3 Å². The van der Waals surface area contributed by atoms with Crippen LogP contribution in [-0.4, -0.2) is 11.5 Å². The molecule has 0 bridgehead atoms. The van der Waals surface area contributed by atoms with E-state index >= 15 is 0 Å². The molecule has 1 rings (SSSR count). The number of rotatable bonds is 10. The van der Waals surface area contributed by atoms with Crippen molar-refractivity contribution in [3.63, 3.8) is 0 Å². The molecule has 0 unspecified atom stereocenters. The fourth-order valence-corrected chi connectivity index (χ4v) is 2.26. The lowest BCUT2D eigenvalue weighted by molar-refractivity contribution is 1.00. The van der Waals surface area contributed by atoms with Crippen molar-refractivity contribution in [1.29, 1.82) is 0 Å². The second-order valence-electron chi connectivity index (χ2n) is 6.92. The molecule has 0 aliphatic rings. The first-order valence-electron chi connectivity index (χ1n) is 11.7. The fourth-order valence-electron chi connectivity index (χ4n) is 2.26. The predicted octanol–water partition coefficient (Wildman–Crippen LogP) is 7.33. The third-order valence-electron chi connectivity index (χ3n) is 3.92. The molecule has 5 N–H and O–H groups in total. The van der Waals surface area contributed by atoms with Gasteiger partial charge in [-0.2, -0.15) is 5.10 Å². The Morgan fingerprint density at radius 2 is 1.69 bits per heavy atom. The summed E-state index contributed by atoms with van der Waals surface area (Å²) < 4.78 is 0. The third kappa shape index (κ3) is 17.3. The van der Waals surface area contributed by atoms with Gasteiger partial charge < -0.3 is 11.3 Å². The van der Waals surface area contributed by atoms with Gasteiger partial charge in [-0.25, -0.2) is 5.84 Å². The van der Waals surface area contributed by atoms with Gasteiger partial charge in [-0.05, 0) is 50.1 Å². The van der Waals surface area contributed by atoms with Crippen molar-refractivity contribution in [1.82, 2.24) is 5.43 Å². The lowest BCUT2D eigenvalue weighted by Crippen LogP contribution is -2.32. The van der Waals surface area contributed by atoms with Gasteiger partial charge >= 0.3 is 0 Å². The Morgan fingerprint density at radius 1 is 0.972 bits per heavy atom. The molecule has 5 heteroatoms. The van der Waals surface area contributed by atoms with E-state index in [0.717, 1.165) is 28.0 Å². The lowest BCUT2D eigenvalue weighted by Gasteiger charge is -2.04. The van der Waals surface area contributed by atoms with Gasteiger partial charge in [0, 0.05) is 11.8 Å². The largest absolute Gasteiger partial charge is 0.321 e. The summed E-state index contributed by atoms with van der Waals surface area (Å²) in [4.78, 5) is 4.33. The molecular formula is C31H43N5. The summed E-state index contributed by atoms with van der Waals surface area (Å²) >= 11 is 0. The van der Waals surface area contributed by atoms with Gasteiger partial charge in [-0.1, -0.05) is 118 Å². The topological polar surface area (TPSA) is 88.8 Å². The lowest BCUT2D eigenvalue weighted by atomic mass is 10.1. The standard InChI is InChI=1S/C24H29N5.C5H8.C2H6/c1-5-20(11-8-7-9-14-23(6-2)27-18-19(3)4)15-16-21-12-10-13-22(17-21)24(28-25)29-26;1-3-5-4-2;1-2/h5-18H,1-2,25-26H2,3-4H3,(H,28,29);3-5H,1H2,2H3;1-2H3/b8-7+,14-9+,16-15-,20-11+,27-23?;5-4-;. The van der Waals surface area contributed by atoms with E-state index in [1.807, 2.05) is 120 Å². The highest BCUT2D eigenvalue weighted by molar-refractivity contribution is 6.04. The number of hydrazine groups is 1. The molecule has 0 aliphatic heterocycles. The highest BCUT2D eigenvalue weighted by Crippen LogP contribution is 2.10. The monoisotopic (exact) mass is 485 g/mol. The first-order valence-corrected chi connectivity index (χ1v) is 11.7. The zero-order chi connectivity index (χ0) is 27.6. The Labute approximate surface area is 218 Å². The summed E-state index contributed by atoms with van der Waals surface area (Å²) in [5.41, 5.74) is 7.17. The molecule has 0 radical (unpaired) electrons. The maximum atomic E-state index is 5.42. The Balaban J connectivity index is 0. The summed E-state index contributed by atoms with van der Waals surface area (Å²) in [7, 11) is 0. The molecule has 0 saturated carbocycles. The summed E-state index contributed by atoms with van der Waals surface area (Å²) in [5, 5.41) is 3.62. The minimum atomic E-state index is 0.418. The van der Waals surface area contributed by atoms with Crippen LogP contribution in [0.4, 0.5) is 0 Å². The fraction of sp³-hybridized carbons (Fsp3) is 0.161. The summed E-state index contributed by atoms with van der Waals surface area (Å²) in [6.07, 6.45) is 24.5. The van der Waals surface area contributed by atoms with Crippen LogP contribution >= 0.6 is 0 Å². The van der Waals surface area contributed by atoms with Gasteiger partial charge in [-0.3, -0.25) is 4.99 Å². The normalized spacial score (nSPS) is 12.1. The van der Waals surface area contributed by atoms with Crippen molar-refractivity contribution >= 4 is 17.6 Å².